The number of amidine groups is 1. The molecule has 0 amide bonds. The fourth-order valence-corrected chi connectivity index (χ4v) is 2.15. The topological polar surface area (TPSA) is 84.4 Å². The molecule has 92 valence electrons. The molecule has 5 nitrogen and oxygen atoms in total. The van der Waals surface area contributed by atoms with Crippen LogP contribution in [0.3, 0.4) is 0 Å². The normalized spacial score (nSPS) is 11.4. The Morgan fingerprint density at radius 3 is 2.89 bits per heavy atom. The largest absolute Gasteiger partial charge is 0.409 e. The Kier molecular flexibility index (Phi) is 4.14. The van der Waals surface area contributed by atoms with E-state index >= 15 is 0 Å². The molecule has 2 aromatic rings. The molecule has 0 spiro atoms. The van der Waals surface area contributed by atoms with Crippen LogP contribution in [0.4, 0.5) is 0 Å². The molecule has 2 rings (SSSR count). The molecule has 0 atom stereocenters. The average molecular weight is 260 g/mol. The second kappa shape index (κ2) is 6.02. The van der Waals surface area contributed by atoms with E-state index in [1.54, 1.807) is 30.2 Å². The van der Waals surface area contributed by atoms with Crippen molar-refractivity contribution in [2.45, 2.75) is 10.8 Å². The summed E-state index contributed by atoms with van der Waals surface area (Å²) in [6, 6.07) is 9.47. The van der Waals surface area contributed by atoms with Crippen molar-refractivity contribution in [2.24, 2.45) is 10.9 Å². The van der Waals surface area contributed by atoms with E-state index in [0.29, 0.717) is 5.69 Å². The number of hydrogen-bond acceptors (Lipinski definition) is 5. The number of rotatable bonds is 4. The molecular formula is C12H12N4OS. The fraction of sp³-hybridized carbons (Fsp3) is 0.0833. The maximum atomic E-state index is 8.59. The Bertz CT molecular complexity index is 545. The van der Waals surface area contributed by atoms with Gasteiger partial charge in [0.15, 0.2) is 5.84 Å². The smallest absolute Gasteiger partial charge is 0.188 e. The highest BCUT2D eigenvalue weighted by Gasteiger charge is 2.03. The zero-order chi connectivity index (χ0) is 12.8. The van der Waals surface area contributed by atoms with Gasteiger partial charge in [0.2, 0.25) is 0 Å². The van der Waals surface area contributed by atoms with Crippen LogP contribution in [-0.2, 0) is 5.75 Å². The van der Waals surface area contributed by atoms with Gasteiger partial charge in [0, 0.05) is 18.1 Å². The van der Waals surface area contributed by atoms with Gasteiger partial charge in [-0.05, 0) is 29.8 Å². The van der Waals surface area contributed by atoms with E-state index in [1.165, 1.54) is 0 Å². The molecule has 3 N–H and O–H groups in total. The van der Waals surface area contributed by atoms with Crippen molar-refractivity contribution in [3.05, 3.63) is 54.0 Å². The quantitative estimate of drug-likeness (QED) is 0.288. The summed E-state index contributed by atoms with van der Waals surface area (Å²) < 4.78 is 0. The lowest BCUT2D eigenvalue weighted by Gasteiger charge is -2.03. The number of nitrogens with two attached hydrogens (primary N) is 1. The average Bonchev–Trinajstić information content (AvgIpc) is 2.45. The molecule has 0 saturated carbocycles. The van der Waals surface area contributed by atoms with Crippen molar-refractivity contribution in [3.63, 3.8) is 0 Å². The van der Waals surface area contributed by atoms with Crippen LogP contribution in [0.2, 0.25) is 0 Å². The molecule has 18 heavy (non-hydrogen) atoms. The van der Waals surface area contributed by atoms with Crippen molar-refractivity contribution < 1.29 is 5.21 Å². The minimum atomic E-state index is 0.0136. The molecule has 0 radical (unpaired) electrons. The van der Waals surface area contributed by atoms with Crippen molar-refractivity contribution in [1.29, 1.82) is 0 Å². The molecule has 0 unspecified atom stereocenters. The Morgan fingerprint density at radius 2 is 2.17 bits per heavy atom. The Hall–Kier alpha value is -2.08. The minimum Gasteiger partial charge on any atom is -0.409 e. The monoisotopic (exact) mass is 260 g/mol. The van der Waals surface area contributed by atoms with E-state index in [-0.39, 0.29) is 5.84 Å². The van der Waals surface area contributed by atoms with Crippen LogP contribution in [0.15, 0.2) is 52.9 Å². The van der Waals surface area contributed by atoms with Gasteiger partial charge >= 0.3 is 0 Å². The number of nitrogens with zero attached hydrogens (tertiary/aromatic N) is 3. The van der Waals surface area contributed by atoms with E-state index in [4.69, 9.17) is 10.9 Å². The van der Waals surface area contributed by atoms with Gasteiger partial charge in [0.05, 0.1) is 5.03 Å². The Balaban J connectivity index is 2.06. The first-order chi connectivity index (χ1) is 8.79. The van der Waals surface area contributed by atoms with Crippen LogP contribution in [0.25, 0.3) is 0 Å². The number of oxime groups is 1. The summed E-state index contributed by atoms with van der Waals surface area (Å²) in [5.74, 6) is 0.769. The third-order valence-electron chi connectivity index (χ3n) is 2.22. The number of aromatic nitrogens is 2. The van der Waals surface area contributed by atoms with E-state index in [0.717, 1.165) is 16.3 Å². The summed E-state index contributed by atoms with van der Waals surface area (Å²) in [6.45, 7) is 0. The molecule has 6 heteroatoms. The lowest BCUT2D eigenvalue weighted by Crippen LogP contribution is -2.15. The molecule has 0 saturated heterocycles. The predicted octanol–water partition coefficient (Wildman–Crippen LogP) is 1.86. The second-order valence-electron chi connectivity index (χ2n) is 3.49. The molecule has 0 aromatic carbocycles. The zero-order valence-corrected chi connectivity index (χ0v) is 10.3. The molecule has 0 fully saturated rings. The molecule has 0 aliphatic heterocycles. The first-order valence-electron chi connectivity index (χ1n) is 5.26. The van der Waals surface area contributed by atoms with Crippen LogP contribution in [-0.4, -0.2) is 21.0 Å². The SMILES string of the molecule is NC(=NO)c1cc(CSc2ccccn2)ccn1. The van der Waals surface area contributed by atoms with Gasteiger partial charge in [0.1, 0.15) is 5.69 Å². The van der Waals surface area contributed by atoms with E-state index in [1.807, 2.05) is 24.3 Å². The molecule has 0 aliphatic carbocycles. The summed E-state index contributed by atoms with van der Waals surface area (Å²) in [4.78, 5) is 8.25. The lowest BCUT2D eigenvalue weighted by molar-refractivity contribution is 0.318. The van der Waals surface area contributed by atoms with Gasteiger partial charge in [-0.25, -0.2) is 4.98 Å². The van der Waals surface area contributed by atoms with Crippen LogP contribution in [0, 0.1) is 0 Å². The number of pyridine rings is 2. The van der Waals surface area contributed by atoms with Crippen molar-refractivity contribution in [3.8, 4) is 0 Å². The van der Waals surface area contributed by atoms with E-state index < -0.39 is 0 Å². The molecule has 2 heterocycles. The fourth-order valence-electron chi connectivity index (χ4n) is 1.35. The maximum Gasteiger partial charge on any atom is 0.188 e. The first-order valence-corrected chi connectivity index (χ1v) is 6.25. The van der Waals surface area contributed by atoms with E-state index in [9.17, 15) is 0 Å². The van der Waals surface area contributed by atoms with E-state index in [2.05, 4.69) is 15.1 Å². The standard InChI is InChI=1S/C12H12N4OS/c13-12(16-17)10-7-9(4-6-14-10)8-18-11-3-1-2-5-15-11/h1-7,17H,8H2,(H2,13,16). The van der Waals surface area contributed by atoms with Gasteiger partial charge in [-0.15, -0.1) is 11.8 Å². The van der Waals surface area contributed by atoms with Crippen molar-refractivity contribution in [2.75, 3.05) is 0 Å². The highest BCUT2D eigenvalue weighted by Crippen LogP contribution is 2.20. The molecule has 2 aromatic heterocycles. The summed E-state index contributed by atoms with van der Waals surface area (Å²) in [7, 11) is 0. The summed E-state index contributed by atoms with van der Waals surface area (Å²) >= 11 is 1.62. The third-order valence-corrected chi connectivity index (χ3v) is 3.23. The highest BCUT2D eigenvalue weighted by atomic mass is 32.2. The molecule has 0 aliphatic rings. The van der Waals surface area contributed by atoms with Gasteiger partial charge in [-0.2, -0.15) is 0 Å². The Morgan fingerprint density at radius 1 is 1.28 bits per heavy atom. The third kappa shape index (κ3) is 3.21. The van der Waals surface area contributed by atoms with Crippen LogP contribution in [0.1, 0.15) is 11.3 Å². The number of hydrogen-bond donors (Lipinski definition) is 2. The minimum absolute atomic E-state index is 0.0136. The van der Waals surface area contributed by atoms with Crippen molar-refractivity contribution >= 4 is 17.6 Å². The molecular weight excluding hydrogens is 248 g/mol. The zero-order valence-electron chi connectivity index (χ0n) is 9.52. The summed E-state index contributed by atoms with van der Waals surface area (Å²) in [5.41, 5.74) is 7.00. The first kappa shape index (κ1) is 12.4. The van der Waals surface area contributed by atoms with Gasteiger partial charge in [-0.1, -0.05) is 11.2 Å². The van der Waals surface area contributed by atoms with Gasteiger partial charge in [0.25, 0.3) is 0 Å². The summed E-state index contributed by atoms with van der Waals surface area (Å²) in [6.07, 6.45) is 3.40. The highest BCUT2D eigenvalue weighted by molar-refractivity contribution is 7.98. The Labute approximate surface area is 109 Å². The maximum absolute atomic E-state index is 8.59. The second-order valence-corrected chi connectivity index (χ2v) is 4.49. The van der Waals surface area contributed by atoms with Crippen LogP contribution >= 0.6 is 11.8 Å². The predicted molar refractivity (Wildman–Crippen MR) is 70.5 cm³/mol. The van der Waals surface area contributed by atoms with Crippen LogP contribution < -0.4 is 5.73 Å². The number of thioether (sulfide) groups is 1. The van der Waals surface area contributed by atoms with Gasteiger partial charge in [-0.3, -0.25) is 4.98 Å². The molecule has 0 bridgehead atoms. The lowest BCUT2D eigenvalue weighted by atomic mass is 10.2. The van der Waals surface area contributed by atoms with Crippen LogP contribution in [0.5, 0.6) is 0 Å². The van der Waals surface area contributed by atoms with Gasteiger partial charge < -0.3 is 10.9 Å². The summed E-state index contributed by atoms with van der Waals surface area (Å²) in [5, 5.41) is 12.5. The van der Waals surface area contributed by atoms with Crippen molar-refractivity contribution in [1.82, 2.24) is 9.97 Å².